The molecule has 4 aromatic rings. The van der Waals surface area contributed by atoms with E-state index in [1.54, 1.807) is 24.3 Å². The van der Waals surface area contributed by atoms with E-state index >= 15 is 0 Å². The lowest BCUT2D eigenvalue weighted by atomic mass is 10.2. The van der Waals surface area contributed by atoms with Crippen molar-refractivity contribution >= 4 is 28.5 Å². The maximum absolute atomic E-state index is 5.49. The van der Waals surface area contributed by atoms with Gasteiger partial charge in [-0.15, -0.1) is 0 Å². The van der Waals surface area contributed by atoms with Gasteiger partial charge in [-0.25, -0.2) is 14.6 Å². The summed E-state index contributed by atoms with van der Waals surface area (Å²) in [5.74, 6) is 2.20. The van der Waals surface area contributed by atoms with Crippen LogP contribution >= 0.6 is 11.9 Å². The number of ether oxygens (including phenoxy) is 1. The molecule has 0 spiro atoms. The van der Waals surface area contributed by atoms with Gasteiger partial charge in [0.2, 0.25) is 0 Å². The first-order valence-electron chi connectivity index (χ1n) is 7.92. The van der Waals surface area contributed by atoms with Gasteiger partial charge in [-0.3, -0.25) is 4.68 Å². The van der Waals surface area contributed by atoms with Crippen LogP contribution in [0.3, 0.4) is 0 Å². The van der Waals surface area contributed by atoms with Gasteiger partial charge in [0.25, 0.3) is 0 Å². The lowest BCUT2D eigenvalue weighted by Crippen LogP contribution is -1.99. The second-order valence-electron chi connectivity index (χ2n) is 5.64. The Bertz CT molecular complexity index is 1050. The largest absolute Gasteiger partial charge is 0.494 e. The Morgan fingerprint density at radius 3 is 2.69 bits per heavy atom. The summed E-state index contributed by atoms with van der Waals surface area (Å²) in [4.78, 5) is 9.52. The highest BCUT2D eigenvalue weighted by molar-refractivity contribution is 8.00. The highest BCUT2D eigenvalue weighted by Gasteiger charge is 2.12. The van der Waals surface area contributed by atoms with Crippen molar-refractivity contribution in [2.75, 3.05) is 11.8 Å². The summed E-state index contributed by atoms with van der Waals surface area (Å²) in [5.41, 5.74) is 1.87. The molecule has 0 radical (unpaired) electrons. The van der Waals surface area contributed by atoms with Crippen LogP contribution < -0.4 is 9.46 Å². The second kappa shape index (κ2) is 6.68. The van der Waals surface area contributed by atoms with Gasteiger partial charge in [-0.1, -0.05) is 0 Å². The third-order valence-corrected chi connectivity index (χ3v) is 4.70. The monoisotopic (exact) mass is 367 g/mol. The summed E-state index contributed by atoms with van der Waals surface area (Å²) in [6.07, 6.45) is 5.28. The minimum Gasteiger partial charge on any atom is -0.494 e. The Kier molecular flexibility index (Phi) is 4.21. The fourth-order valence-electron chi connectivity index (χ4n) is 2.65. The quantitative estimate of drug-likeness (QED) is 0.543. The smallest absolute Gasteiger partial charge is 0.155 e. The van der Waals surface area contributed by atoms with Gasteiger partial charge in [0.1, 0.15) is 23.6 Å². The first-order chi connectivity index (χ1) is 12.7. The van der Waals surface area contributed by atoms with E-state index in [2.05, 4.69) is 24.9 Å². The van der Waals surface area contributed by atoms with Crippen LogP contribution in [0.15, 0.2) is 47.9 Å². The molecule has 4 rings (SSSR count). The van der Waals surface area contributed by atoms with Crippen molar-refractivity contribution in [3.63, 3.8) is 0 Å². The number of pyridine rings is 1. The molecule has 0 unspecified atom stereocenters. The number of anilines is 1. The first kappa shape index (κ1) is 16.4. The number of nitrogens with one attached hydrogen (secondary N) is 1. The topological polar surface area (TPSA) is 82.7 Å². The van der Waals surface area contributed by atoms with E-state index in [0.717, 1.165) is 33.1 Å². The van der Waals surface area contributed by atoms with Gasteiger partial charge in [-0.2, -0.15) is 10.2 Å². The van der Waals surface area contributed by atoms with Crippen molar-refractivity contribution in [1.82, 2.24) is 29.5 Å². The van der Waals surface area contributed by atoms with Crippen LogP contribution in [0.25, 0.3) is 16.7 Å². The Balaban J connectivity index is 1.57. The molecule has 0 saturated carbocycles. The number of hydrogen-bond acceptors (Lipinski definition) is 7. The Labute approximate surface area is 154 Å². The third-order valence-electron chi connectivity index (χ3n) is 3.92. The molecule has 0 atom stereocenters. The minimum atomic E-state index is 0.711. The first-order valence-corrected chi connectivity index (χ1v) is 8.73. The summed E-state index contributed by atoms with van der Waals surface area (Å²) in [5, 5.41) is 9.62. The maximum Gasteiger partial charge on any atom is 0.155 e. The summed E-state index contributed by atoms with van der Waals surface area (Å²) < 4.78 is 12.3. The molecule has 0 fully saturated rings. The fourth-order valence-corrected chi connectivity index (χ4v) is 3.31. The Morgan fingerprint density at radius 1 is 1.12 bits per heavy atom. The van der Waals surface area contributed by atoms with Crippen LogP contribution in [0, 0.1) is 6.92 Å². The van der Waals surface area contributed by atoms with Crippen LogP contribution in [0.4, 0.5) is 5.69 Å². The van der Waals surface area contributed by atoms with Crippen LogP contribution in [0.2, 0.25) is 0 Å². The van der Waals surface area contributed by atoms with E-state index in [1.165, 1.54) is 11.9 Å². The van der Waals surface area contributed by atoms with Crippen LogP contribution in [0.5, 0.6) is 5.75 Å². The lowest BCUT2D eigenvalue weighted by Gasteiger charge is -2.12. The molecular formula is C17H17N7OS. The van der Waals surface area contributed by atoms with Gasteiger partial charge >= 0.3 is 0 Å². The average molecular weight is 367 g/mol. The standard InChI is InChI=1S/C17H17N7OS/c1-11-19-10-24(21-11)15-7-5-13(9-18-15)26-22-16-14(25-3)6-4-12-8-20-23(2)17(12)16/h4-10,22H,1-3H3. The number of fused-ring (bicyclic) bond motifs is 1. The maximum atomic E-state index is 5.49. The molecule has 8 nitrogen and oxygen atoms in total. The van der Waals surface area contributed by atoms with Crippen LogP contribution in [-0.4, -0.2) is 36.6 Å². The Hall–Kier alpha value is -3.07. The number of aryl methyl sites for hydroxylation is 2. The van der Waals surface area contributed by atoms with Crippen molar-refractivity contribution in [3.8, 4) is 11.6 Å². The number of nitrogens with zero attached hydrogens (tertiary/aromatic N) is 6. The molecule has 0 bridgehead atoms. The summed E-state index contributed by atoms with van der Waals surface area (Å²) in [6, 6.07) is 7.81. The zero-order valence-corrected chi connectivity index (χ0v) is 15.4. The molecule has 0 saturated heterocycles. The number of aromatic nitrogens is 6. The third kappa shape index (κ3) is 2.97. The molecule has 0 aliphatic rings. The molecule has 9 heteroatoms. The molecule has 1 aromatic carbocycles. The molecule has 132 valence electrons. The van der Waals surface area contributed by atoms with Crippen molar-refractivity contribution in [3.05, 3.63) is 48.8 Å². The number of hydrogen-bond donors (Lipinski definition) is 1. The zero-order chi connectivity index (χ0) is 18.1. The molecule has 1 N–H and O–H groups in total. The number of rotatable bonds is 5. The highest BCUT2D eigenvalue weighted by Crippen LogP contribution is 2.35. The predicted octanol–water partition coefficient (Wildman–Crippen LogP) is 2.99. The van der Waals surface area contributed by atoms with Crippen molar-refractivity contribution < 1.29 is 4.74 Å². The minimum absolute atomic E-state index is 0.711. The van der Waals surface area contributed by atoms with Gasteiger partial charge in [0, 0.05) is 23.5 Å². The van der Waals surface area contributed by atoms with E-state index in [4.69, 9.17) is 4.74 Å². The molecule has 0 aliphatic heterocycles. The molecule has 0 aliphatic carbocycles. The Morgan fingerprint density at radius 2 is 2.00 bits per heavy atom. The lowest BCUT2D eigenvalue weighted by molar-refractivity contribution is 0.417. The highest BCUT2D eigenvalue weighted by atomic mass is 32.2. The average Bonchev–Trinajstić information content (AvgIpc) is 3.26. The molecule has 26 heavy (non-hydrogen) atoms. The number of benzene rings is 1. The number of methoxy groups -OCH3 is 1. The summed E-state index contributed by atoms with van der Waals surface area (Å²) >= 11 is 1.46. The van der Waals surface area contributed by atoms with E-state index in [0.29, 0.717) is 5.82 Å². The summed E-state index contributed by atoms with van der Waals surface area (Å²) in [7, 11) is 3.57. The summed E-state index contributed by atoms with van der Waals surface area (Å²) in [6.45, 7) is 1.84. The fraction of sp³-hybridized carbons (Fsp3) is 0.176. The zero-order valence-electron chi connectivity index (χ0n) is 14.5. The van der Waals surface area contributed by atoms with E-state index in [9.17, 15) is 0 Å². The van der Waals surface area contributed by atoms with Crippen molar-refractivity contribution in [2.45, 2.75) is 11.8 Å². The molecule has 0 amide bonds. The second-order valence-corrected chi connectivity index (χ2v) is 6.52. The van der Waals surface area contributed by atoms with Gasteiger partial charge < -0.3 is 9.46 Å². The van der Waals surface area contributed by atoms with Gasteiger partial charge in [0.15, 0.2) is 5.82 Å². The van der Waals surface area contributed by atoms with E-state index in [1.807, 2.05) is 49.1 Å². The van der Waals surface area contributed by atoms with E-state index in [-0.39, 0.29) is 0 Å². The molecular weight excluding hydrogens is 350 g/mol. The van der Waals surface area contributed by atoms with Crippen LogP contribution in [0.1, 0.15) is 5.82 Å². The van der Waals surface area contributed by atoms with Gasteiger partial charge in [0.05, 0.1) is 18.8 Å². The van der Waals surface area contributed by atoms with Crippen molar-refractivity contribution in [2.24, 2.45) is 7.05 Å². The van der Waals surface area contributed by atoms with Crippen LogP contribution in [-0.2, 0) is 7.05 Å². The molecule has 3 aromatic heterocycles. The molecule has 3 heterocycles. The predicted molar refractivity (Wildman–Crippen MR) is 101 cm³/mol. The van der Waals surface area contributed by atoms with Gasteiger partial charge in [-0.05, 0) is 43.1 Å². The normalized spacial score (nSPS) is 11.0. The van der Waals surface area contributed by atoms with E-state index < -0.39 is 0 Å². The SMILES string of the molecule is COc1ccc2cnn(C)c2c1NSc1ccc(-n2cnc(C)n2)nc1. The van der Waals surface area contributed by atoms with Crippen molar-refractivity contribution in [1.29, 1.82) is 0 Å².